The SMILES string of the molecule is CCCC[n+]1ccccc1.O=S([O-])OC(F)(F)F. The van der Waals surface area contributed by atoms with Crippen molar-refractivity contribution in [3.63, 3.8) is 0 Å². The minimum Gasteiger partial charge on any atom is -0.750 e. The first-order chi connectivity index (χ1) is 8.35. The fourth-order valence-corrected chi connectivity index (χ4v) is 1.16. The predicted molar refractivity (Wildman–Crippen MR) is 57.6 cm³/mol. The van der Waals surface area contributed by atoms with E-state index in [1.165, 1.54) is 12.8 Å². The molecule has 4 nitrogen and oxygen atoms in total. The summed E-state index contributed by atoms with van der Waals surface area (Å²) < 4.78 is 54.8. The molecule has 0 saturated carbocycles. The molecule has 8 heteroatoms. The summed E-state index contributed by atoms with van der Waals surface area (Å²) >= 11 is -3.51. The molecule has 0 N–H and O–H groups in total. The van der Waals surface area contributed by atoms with E-state index in [9.17, 15) is 13.2 Å². The second kappa shape index (κ2) is 9.01. The summed E-state index contributed by atoms with van der Waals surface area (Å²) in [5, 5.41) is 0. The Morgan fingerprint density at radius 2 is 1.83 bits per heavy atom. The molecular formula is C10H14F3NO3S. The van der Waals surface area contributed by atoms with E-state index in [-0.39, 0.29) is 0 Å². The molecule has 1 heterocycles. The normalized spacial score (nSPS) is 12.5. The Balaban J connectivity index is 0.000000331. The molecule has 18 heavy (non-hydrogen) atoms. The van der Waals surface area contributed by atoms with Gasteiger partial charge in [-0.1, -0.05) is 19.4 Å². The van der Waals surface area contributed by atoms with Gasteiger partial charge in [0, 0.05) is 18.6 Å². The Kier molecular flexibility index (Phi) is 8.51. The van der Waals surface area contributed by atoms with Crippen molar-refractivity contribution < 1.29 is 30.7 Å². The summed E-state index contributed by atoms with van der Waals surface area (Å²) in [5.74, 6) is 0. The van der Waals surface area contributed by atoms with E-state index in [0.29, 0.717) is 0 Å². The van der Waals surface area contributed by atoms with Crippen LogP contribution in [0.4, 0.5) is 13.2 Å². The lowest BCUT2D eigenvalue weighted by atomic mass is 10.3. The zero-order valence-electron chi connectivity index (χ0n) is 9.72. The van der Waals surface area contributed by atoms with Crippen molar-refractivity contribution >= 4 is 11.4 Å². The minimum atomic E-state index is -5.09. The maximum absolute atomic E-state index is 10.7. The summed E-state index contributed by atoms with van der Waals surface area (Å²) in [4.78, 5) is 0. The quantitative estimate of drug-likeness (QED) is 0.629. The van der Waals surface area contributed by atoms with E-state index in [0.717, 1.165) is 6.54 Å². The van der Waals surface area contributed by atoms with Gasteiger partial charge in [0.15, 0.2) is 12.4 Å². The molecule has 1 rings (SSSR count). The maximum atomic E-state index is 10.7. The Hall–Kier alpha value is -0.990. The lowest BCUT2D eigenvalue weighted by Crippen LogP contribution is -2.31. The van der Waals surface area contributed by atoms with Crippen LogP contribution in [0.2, 0.25) is 0 Å². The van der Waals surface area contributed by atoms with Crippen molar-refractivity contribution in [2.75, 3.05) is 0 Å². The first-order valence-corrected chi connectivity index (χ1v) is 6.14. The predicted octanol–water partition coefficient (Wildman–Crippen LogP) is 2.09. The number of rotatable bonds is 4. The minimum absolute atomic E-state index is 1.15. The monoisotopic (exact) mass is 285 g/mol. The molecular weight excluding hydrogens is 271 g/mol. The number of unbranched alkanes of at least 4 members (excludes halogenated alkanes) is 1. The molecule has 0 amide bonds. The number of alkyl halides is 3. The second-order valence-electron chi connectivity index (χ2n) is 3.20. The third-order valence-corrected chi connectivity index (χ3v) is 2.03. The summed E-state index contributed by atoms with van der Waals surface area (Å²) in [5.41, 5.74) is 0. The Morgan fingerprint density at radius 1 is 1.28 bits per heavy atom. The number of nitrogens with zero attached hydrogens (tertiary/aromatic N) is 1. The van der Waals surface area contributed by atoms with Crippen LogP contribution >= 0.6 is 0 Å². The molecule has 0 bridgehead atoms. The lowest BCUT2D eigenvalue weighted by Gasteiger charge is -2.06. The molecule has 0 aliphatic carbocycles. The van der Waals surface area contributed by atoms with E-state index in [4.69, 9.17) is 8.76 Å². The molecule has 1 aromatic heterocycles. The summed E-state index contributed by atoms with van der Waals surface area (Å²) in [7, 11) is 0. The number of aromatic nitrogens is 1. The van der Waals surface area contributed by atoms with E-state index in [1.54, 1.807) is 0 Å². The fraction of sp³-hybridized carbons (Fsp3) is 0.500. The topological polar surface area (TPSA) is 53.2 Å². The Bertz CT molecular complexity index is 346. The Morgan fingerprint density at radius 3 is 2.17 bits per heavy atom. The second-order valence-corrected chi connectivity index (χ2v) is 3.77. The summed E-state index contributed by atoms with van der Waals surface area (Å²) in [6.07, 6.45) is 1.66. The molecule has 1 atom stereocenters. The molecule has 0 aliphatic rings. The molecule has 0 spiro atoms. The standard InChI is InChI=1S/C9H14N.CHF3O3S/c1-2-3-7-10-8-5-4-6-9-10;2-1(3,4)7-8(5)6/h4-6,8-9H,2-3,7H2,1H3;(H,5,6)/q+1;/p-1. The van der Waals surface area contributed by atoms with Crippen molar-refractivity contribution in [2.24, 2.45) is 0 Å². The van der Waals surface area contributed by atoms with Gasteiger partial charge in [-0.2, -0.15) is 0 Å². The summed E-state index contributed by atoms with van der Waals surface area (Å²) in [6.45, 7) is 3.36. The molecule has 0 saturated heterocycles. The largest absolute Gasteiger partial charge is 0.750 e. The van der Waals surface area contributed by atoms with E-state index >= 15 is 0 Å². The van der Waals surface area contributed by atoms with Crippen LogP contribution in [0, 0.1) is 0 Å². The highest BCUT2D eigenvalue weighted by Crippen LogP contribution is 2.16. The Labute approximate surface area is 106 Å². The number of halogens is 3. The van der Waals surface area contributed by atoms with Crippen LogP contribution in [0.5, 0.6) is 0 Å². The van der Waals surface area contributed by atoms with Gasteiger partial charge in [0.2, 0.25) is 0 Å². The van der Waals surface area contributed by atoms with Gasteiger partial charge in [-0.25, -0.2) is 13.0 Å². The average Bonchev–Trinajstić information content (AvgIpc) is 2.25. The number of aryl methyl sites for hydroxylation is 1. The summed E-state index contributed by atoms with van der Waals surface area (Å²) in [6, 6.07) is 6.17. The van der Waals surface area contributed by atoms with Gasteiger partial charge >= 0.3 is 6.36 Å². The molecule has 0 radical (unpaired) electrons. The van der Waals surface area contributed by atoms with Crippen LogP contribution in [0.1, 0.15) is 19.8 Å². The van der Waals surface area contributed by atoms with Crippen LogP contribution in [-0.2, 0) is 22.1 Å². The van der Waals surface area contributed by atoms with Crippen LogP contribution in [0.3, 0.4) is 0 Å². The van der Waals surface area contributed by atoms with Crippen LogP contribution in [0.25, 0.3) is 0 Å². The van der Waals surface area contributed by atoms with Gasteiger partial charge in [0.05, 0.1) is 11.4 Å². The zero-order valence-corrected chi connectivity index (χ0v) is 10.5. The van der Waals surface area contributed by atoms with Gasteiger partial charge in [-0.15, -0.1) is 13.2 Å². The highest BCUT2D eigenvalue weighted by Gasteiger charge is 2.30. The van der Waals surface area contributed by atoms with Crippen molar-refractivity contribution in [2.45, 2.75) is 32.7 Å². The number of hydrogen-bond donors (Lipinski definition) is 0. The molecule has 104 valence electrons. The molecule has 0 aliphatic heterocycles. The third-order valence-electron chi connectivity index (χ3n) is 1.71. The van der Waals surface area contributed by atoms with Crippen LogP contribution in [-0.4, -0.2) is 15.1 Å². The van der Waals surface area contributed by atoms with E-state index < -0.39 is 17.7 Å². The third kappa shape index (κ3) is 11.5. The number of hydrogen-bond acceptors (Lipinski definition) is 3. The van der Waals surface area contributed by atoms with Crippen LogP contribution < -0.4 is 4.57 Å². The first-order valence-electron chi connectivity index (χ1n) is 5.14. The van der Waals surface area contributed by atoms with Crippen molar-refractivity contribution in [1.82, 2.24) is 0 Å². The first kappa shape index (κ1) is 17.0. The smallest absolute Gasteiger partial charge is 0.534 e. The molecule has 1 aromatic rings. The van der Waals surface area contributed by atoms with E-state index in [1.807, 2.05) is 6.07 Å². The maximum Gasteiger partial charge on any atom is 0.534 e. The van der Waals surface area contributed by atoms with Crippen molar-refractivity contribution in [1.29, 1.82) is 0 Å². The average molecular weight is 285 g/mol. The van der Waals surface area contributed by atoms with E-state index in [2.05, 4.69) is 40.2 Å². The van der Waals surface area contributed by atoms with Crippen molar-refractivity contribution in [3.05, 3.63) is 30.6 Å². The zero-order chi connectivity index (χ0) is 14.0. The van der Waals surface area contributed by atoms with Crippen molar-refractivity contribution in [3.8, 4) is 0 Å². The molecule has 0 aromatic carbocycles. The number of pyridine rings is 1. The molecule has 1 unspecified atom stereocenters. The highest BCUT2D eigenvalue weighted by atomic mass is 32.2. The van der Waals surface area contributed by atoms with Gasteiger partial charge < -0.3 is 4.55 Å². The fourth-order valence-electron chi connectivity index (χ4n) is 1.00. The van der Waals surface area contributed by atoms with Gasteiger partial charge in [-0.3, -0.25) is 0 Å². The lowest BCUT2D eigenvalue weighted by molar-refractivity contribution is -0.697. The van der Waals surface area contributed by atoms with Gasteiger partial charge in [0.25, 0.3) is 0 Å². The van der Waals surface area contributed by atoms with Crippen LogP contribution in [0.15, 0.2) is 30.6 Å². The van der Waals surface area contributed by atoms with Gasteiger partial charge in [-0.05, 0) is 0 Å². The van der Waals surface area contributed by atoms with Gasteiger partial charge in [0.1, 0.15) is 6.54 Å². The molecule has 0 fully saturated rings. The highest BCUT2D eigenvalue weighted by molar-refractivity contribution is 7.74.